The molecule has 0 bridgehead atoms. The summed E-state index contributed by atoms with van der Waals surface area (Å²) in [6.45, 7) is 0.879. The largest absolute Gasteiger partial charge is 0.405 e. The van der Waals surface area contributed by atoms with Crippen molar-refractivity contribution < 1.29 is 26.4 Å². The summed E-state index contributed by atoms with van der Waals surface area (Å²) < 4.78 is 61.9. The Hall–Kier alpha value is -1.40. The summed E-state index contributed by atoms with van der Waals surface area (Å²) in [4.78, 5) is 13.4. The zero-order valence-corrected chi connectivity index (χ0v) is 16.0. The molecule has 1 atom stereocenters. The van der Waals surface area contributed by atoms with Crippen LogP contribution in [-0.4, -0.2) is 64.2 Å². The van der Waals surface area contributed by atoms with Crippen molar-refractivity contribution in [2.75, 3.05) is 32.7 Å². The fourth-order valence-corrected chi connectivity index (χ4v) is 3.38. The number of halogens is 4. The van der Waals surface area contributed by atoms with Crippen LogP contribution in [0, 0.1) is 0 Å². The first-order chi connectivity index (χ1) is 12.1. The van der Waals surface area contributed by atoms with Crippen LogP contribution in [0.5, 0.6) is 0 Å². The van der Waals surface area contributed by atoms with Gasteiger partial charge in [0.1, 0.15) is 6.04 Å². The average Bonchev–Trinajstić information content (AvgIpc) is 2.54. The molecule has 1 heterocycles. The zero-order chi connectivity index (χ0) is 19.4. The Bertz CT molecular complexity index is 723. The lowest BCUT2D eigenvalue weighted by molar-refractivity contribution is -0.183. The topological polar surface area (TPSA) is 105 Å². The number of nitrogens with one attached hydrogen (secondary N) is 2. The Morgan fingerprint density at radius 1 is 1.22 bits per heavy atom. The highest BCUT2D eigenvalue weighted by Gasteiger charge is 2.43. The van der Waals surface area contributed by atoms with Crippen LogP contribution in [-0.2, 0) is 15.8 Å². The van der Waals surface area contributed by atoms with Gasteiger partial charge in [-0.25, -0.2) is 13.6 Å². The van der Waals surface area contributed by atoms with Crippen LogP contribution in [0.15, 0.2) is 24.3 Å². The number of benzene rings is 1. The molecule has 0 saturated carbocycles. The van der Waals surface area contributed by atoms with Gasteiger partial charge in [-0.1, -0.05) is 12.1 Å². The summed E-state index contributed by atoms with van der Waals surface area (Å²) in [5, 5.41) is 10.2. The fraction of sp³-hybridized carbons (Fsp3) is 0.533. The Balaban J connectivity index is 0.00000364. The van der Waals surface area contributed by atoms with E-state index in [0.29, 0.717) is 18.7 Å². The number of hydrogen-bond donors (Lipinski definition) is 3. The van der Waals surface area contributed by atoms with Gasteiger partial charge < -0.3 is 10.6 Å². The minimum absolute atomic E-state index is 0. The summed E-state index contributed by atoms with van der Waals surface area (Å²) in [5.74, 6) is -1.04. The minimum Gasteiger partial charge on any atom is -0.350 e. The summed E-state index contributed by atoms with van der Waals surface area (Å²) >= 11 is 0. The highest BCUT2D eigenvalue weighted by atomic mass is 35.5. The van der Waals surface area contributed by atoms with Gasteiger partial charge in [0.05, 0.1) is 5.75 Å². The predicted molar refractivity (Wildman–Crippen MR) is 97.1 cm³/mol. The van der Waals surface area contributed by atoms with Crippen LogP contribution in [0.1, 0.15) is 15.9 Å². The Morgan fingerprint density at radius 3 is 2.26 bits per heavy atom. The zero-order valence-electron chi connectivity index (χ0n) is 14.3. The number of amides is 1. The van der Waals surface area contributed by atoms with E-state index in [1.807, 2.05) is 0 Å². The van der Waals surface area contributed by atoms with Crippen LogP contribution in [0.3, 0.4) is 0 Å². The second-order valence-electron chi connectivity index (χ2n) is 6.06. The molecular formula is C15H22ClF3N4O3S. The first-order valence-corrected chi connectivity index (χ1v) is 9.67. The normalized spacial score (nSPS) is 17.0. The van der Waals surface area contributed by atoms with Crippen molar-refractivity contribution >= 4 is 28.3 Å². The van der Waals surface area contributed by atoms with Crippen molar-refractivity contribution in [3.63, 3.8) is 0 Å². The molecule has 2 rings (SSSR count). The molecule has 0 aliphatic carbocycles. The number of carbonyl (C=O) groups is 1. The number of alkyl halides is 3. The SMILES string of the molecule is Cl.NS(=O)(=O)Cc1ccc(C(=O)NCC(N2CCNCC2)C(F)(F)F)cc1. The van der Waals surface area contributed by atoms with Crippen LogP contribution >= 0.6 is 12.4 Å². The number of piperazine rings is 1. The minimum atomic E-state index is -4.45. The van der Waals surface area contributed by atoms with Crippen molar-refractivity contribution in [3.05, 3.63) is 35.4 Å². The highest BCUT2D eigenvalue weighted by molar-refractivity contribution is 7.88. The van der Waals surface area contributed by atoms with E-state index in [1.165, 1.54) is 29.2 Å². The van der Waals surface area contributed by atoms with Crippen LogP contribution in [0.25, 0.3) is 0 Å². The maximum absolute atomic E-state index is 13.3. The first-order valence-electron chi connectivity index (χ1n) is 7.95. The molecule has 1 aliphatic heterocycles. The van der Waals surface area contributed by atoms with Gasteiger partial charge in [0, 0.05) is 38.3 Å². The Labute approximate surface area is 161 Å². The number of nitrogens with zero attached hydrogens (tertiary/aromatic N) is 1. The molecular weight excluding hydrogens is 409 g/mol. The highest BCUT2D eigenvalue weighted by Crippen LogP contribution is 2.24. The molecule has 27 heavy (non-hydrogen) atoms. The molecule has 1 amide bonds. The molecule has 7 nitrogen and oxygen atoms in total. The number of hydrogen-bond acceptors (Lipinski definition) is 5. The van der Waals surface area contributed by atoms with Gasteiger partial charge in [0.2, 0.25) is 10.0 Å². The molecule has 1 saturated heterocycles. The Morgan fingerprint density at radius 2 is 1.78 bits per heavy atom. The van der Waals surface area contributed by atoms with E-state index in [0.717, 1.165) is 0 Å². The molecule has 1 aliphatic rings. The molecule has 1 fully saturated rings. The number of rotatable bonds is 6. The smallest absolute Gasteiger partial charge is 0.350 e. The molecule has 1 unspecified atom stereocenters. The number of primary sulfonamides is 1. The molecule has 0 spiro atoms. The first kappa shape index (κ1) is 23.6. The van der Waals surface area contributed by atoms with Crippen molar-refractivity contribution in [1.82, 2.24) is 15.5 Å². The third kappa shape index (κ3) is 7.62. The molecule has 154 valence electrons. The molecule has 4 N–H and O–H groups in total. The van der Waals surface area contributed by atoms with Crippen LogP contribution in [0.4, 0.5) is 13.2 Å². The summed E-state index contributed by atoms with van der Waals surface area (Å²) in [6, 6.07) is 3.75. The summed E-state index contributed by atoms with van der Waals surface area (Å²) in [5.41, 5.74) is 0.530. The summed E-state index contributed by atoms with van der Waals surface area (Å²) in [6.07, 6.45) is -4.45. The van der Waals surface area contributed by atoms with Gasteiger partial charge in [-0.05, 0) is 17.7 Å². The van der Waals surface area contributed by atoms with Crippen LogP contribution < -0.4 is 15.8 Å². The average molecular weight is 431 g/mol. The Kier molecular flexibility index (Phi) is 8.48. The maximum Gasteiger partial charge on any atom is 0.405 e. The fourth-order valence-electron chi connectivity index (χ4n) is 2.72. The van der Waals surface area contributed by atoms with Crippen molar-refractivity contribution in [3.8, 4) is 0 Å². The van der Waals surface area contributed by atoms with E-state index in [4.69, 9.17) is 5.14 Å². The molecule has 1 aromatic rings. The second-order valence-corrected chi connectivity index (χ2v) is 7.67. The van der Waals surface area contributed by atoms with E-state index in [2.05, 4.69) is 10.6 Å². The van der Waals surface area contributed by atoms with E-state index in [-0.39, 0.29) is 36.8 Å². The lowest BCUT2D eigenvalue weighted by Gasteiger charge is -2.35. The second kappa shape index (κ2) is 9.69. The number of sulfonamides is 1. The molecule has 0 radical (unpaired) electrons. The number of nitrogens with two attached hydrogens (primary N) is 1. The van der Waals surface area contributed by atoms with Crippen LogP contribution in [0.2, 0.25) is 0 Å². The third-order valence-corrected chi connectivity index (χ3v) is 4.75. The van der Waals surface area contributed by atoms with E-state index in [1.54, 1.807) is 0 Å². The quantitative estimate of drug-likeness (QED) is 0.608. The van der Waals surface area contributed by atoms with E-state index in [9.17, 15) is 26.4 Å². The predicted octanol–water partition coefficient (Wildman–Crippen LogP) is 0.463. The molecule has 1 aromatic carbocycles. The lowest BCUT2D eigenvalue weighted by Crippen LogP contribution is -2.57. The maximum atomic E-state index is 13.3. The lowest BCUT2D eigenvalue weighted by atomic mass is 10.1. The number of carbonyl (C=O) groups excluding carboxylic acids is 1. The molecule has 0 aromatic heterocycles. The third-order valence-electron chi connectivity index (χ3n) is 4.01. The van der Waals surface area contributed by atoms with Crippen molar-refractivity contribution in [2.24, 2.45) is 5.14 Å². The van der Waals surface area contributed by atoms with Gasteiger partial charge in [0.15, 0.2) is 0 Å². The van der Waals surface area contributed by atoms with Gasteiger partial charge in [-0.15, -0.1) is 12.4 Å². The van der Waals surface area contributed by atoms with Crippen molar-refractivity contribution in [2.45, 2.75) is 18.0 Å². The van der Waals surface area contributed by atoms with E-state index >= 15 is 0 Å². The molecule has 12 heteroatoms. The summed E-state index contributed by atoms with van der Waals surface area (Å²) in [7, 11) is -3.70. The van der Waals surface area contributed by atoms with E-state index < -0.39 is 34.7 Å². The van der Waals surface area contributed by atoms with Gasteiger partial charge in [0.25, 0.3) is 5.91 Å². The van der Waals surface area contributed by atoms with Crippen molar-refractivity contribution in [1.29, 1.82) is 0 Å². The van der Waals surface area contributed by atoms with Gasteiger partial charge in [-0.3, -0.25) is 9.69 Å². The standard InChI is InChI=1S/C15H21F3N4O3S.ClH/c16-15(17,18)13(22-7-5-20-6-8-22)9-21-14(23)12-3-1-11(2-4-12)10-26(19,24)25;/h1-4,13,20H,5-10H2,(H,21,23)(H2,19,24,25);1H. The monoisotopic (exact) mass is 430 g/mol. The van der Waals surface area contributed by atoms with Gasteiger partial charge >= 0.3 is 6.18 Å². The van der Waals surface area contributed by atoms with Gasteiger partial charge in [-0.2, -0.15) is 13.2 Å².